The molecule has 234 valence electrons. The van der Waals surface area contributed by atoms with Crippen molar-refractivity contribution >= 4 is 0 Å². The first-order chi connectivity index (χ1) is 20.3. The molecule has 2 rings (SSSR count). The number of benzene rings is 2. The lowest BCUT2D eigenvalue weighted by Gasteiger charge is -2.32. The zero-order valence-corrected chi connectivity index (χ0v) is 26.1. The van der Waals surface area contributed by atoms with Crippen molar-refractivity contribution in [3.63, 3.8) is 0 Å². The molecule has 0 amide bonds. The van der Waals surface area contributed by atoms with E-state index in [0.29, 0.717) is 68.7 Å². The lowest BCUT2D eigenvalue weighted by molar-refractivity contribution is 0.0178. The molecular weight excluding hydrogens is 536 g/mol. The summed E-state index contributed by atoms with van der Waals surface area (Å²) in [7, 11) is 5.38. The molecule has 0 bridgehead atoms. The van der Waals surface area contributed by atoms with Crippen molar-refractivity contribution in [3.05, 3.63) is 58.7 Å². The molecule has 0 fully saturated rings. The molecule has 0 saturated heterocycles. The summed E-state index contributed by atoms with van der Waals surface area (Å²) < 4.78 is 27.3. The van der Waals surface area contributed by atoms with Gasteiger partial charge in [-0.2, -0.15) is 5.26 Å². The average molecular weight is 587 g/mol. The Morgan fingerprint density at radius 3 is 2.17 bits per heavy atom. The van der Waals surface area contributed by atoms with E-state index in [-0.39, 0.29) is 19.1 Å². The van der Waals surface area contributed by atoms with Crippen LogP contribution in [0.5, 0.6) is 11.5 Å². The van der Waals surface area contributed by atoms with Crippen LogP contribution < -0.4 is 9.47 Å². The molecule has 0 heterocycles. The van der Waals surface area contributed by atoms with Crippen LogP contribution in [0.15, 0.2) is 36.4 Å². The van der Waals surface area contributed by atoms with Gasteiger partial charge in [-0.15, -0.1) is 0 Å². The minimum absolute atomic E-state index is 0.0965. The number of likely N-dealkylation sites (N-methyl/N-ethyl adjacent to an activating group) is 1. The number of rotatable bonds is 22. The lowest BCUT2D eigenvalue weighted by atomic mass is 9.69. The maximum atomic E-state index is 10.3. The molecular formula is C33H50N2O7. The average Bonchev–Trinajstić information content (AvgIpc) is 3.01. The molecule has 0 aliphatic carbocycles. The van der Waals surface area contributed by atoms with Gasteiger partial charge in [0.05, 0.1) is 64.8 Å². The molecule has 1 unspecified atom stereocenters. The third-order valence-corrected chi connectivity index (χ3v) is 7.66. The molecule has 42 heavy (non-hydrogen) atoms. The van der Waals surface area contributed by atoms with Gasteiger partial charge in [-0.1, -0.05) is 38.1 Å². The van der Waals surface area contributed by atoms with E-state index in [0.717, 1.165) is 37.1 Å². The molecule has 2 aromatic carbocycles. The van der Waals surface area contributed by atoms with E-state index in [1.807, 2.05) is 30.3 Å². The maximum absolute atomic E-state index is 10.3. The van der Waals surface area contributed by atoms with Crippen molar-refractivity contribution in [2.24, 2.45) is 5.92 Å². The summed E-state index contributed by atoms with van der Waals surface area (Å²) in [6.07, 6.45) is 2.42. The van der Waals surface area contributed by atoms with Crippen molar-refractivity contribution < 1.29 is 33.9 Å². The largest absolute Gasteiger partial charge is 0.493 e. The van der Waals surface area contributed by atoms with Crippen LogP contribution in [-0.4, -0.2) is 89.1 Å². The van der Waals surface area contributed by atoms with Gasteiger partial charge < -0.3 is 38.8 Å². The van der Waals surface area contributed by atoms with Crippen LogP contribution >= 0.6 is 0 Å². The number of nitrogens with zero attached hydrogens (tertiary/aromatic N) is 2. The highest BCUT2D eigenvalue weighted by atomic mass is 16.6. The van der Waals surface area contributed by atoms with Crippen molar-refractivity contribution in [2.75, 3.05) is 74.0 Å². The van der Waals surface area contributed by atoms with Gasteiger partial charge in [-0.3, -0.25) is 0 Å². The second-order valence-electron chi connectivity index (χ2n) is 10.7. The topological polar surface area (TPSA) is 114 Å². The molecule has 9 nitrogen and oxygen atoms in total. The Morgan fingerprint density at radius 2 is 1.55 bits per heavy atom. The summed E-state index contributed by atoms with van der Waals surface area (Å²) in [5.41, 5.74) is 2.76. The Hall–Kier alpha value is -2.71. The zero-order chi connectivity index (χ0) is 30.8. The third-order valence-electron chi connectivity index (χ3n) is 7.66. The quantitative estimate of drug-likeness (QED) is 0.197. The Balaban J connectivity index is 1.84. The monoisotopic (exact) mass is 586 g/mol. The number of ether oxygens (including phenoxy) is 5. The van der Waals surface area contributed by atoms with Gasteiger partial charge in [0.1, 0.15) is 6.61 Å². The van der Waals surface area contributed by atoms with Crippen LogP contribution in [0.1, 0.15) is 48.9 Å². The SMILES string of the molecule is COCCOCCOCCOc1ccc(CCN(C)CCCC(C#N)(c2ccc(CO)c(CO)c2)C(C)C)cc1OC. The predicted octanol–water partition coefficient (Wildman–Crippen LogP) is 4.11. The minimum Gasteiger partial charge on any atom is -0.493 e. The molecule has 9 heteroatoms. The number of aliphatic hydroxyl groups is 2. The van der Waals surface area contributed by atoms with Gasteiger partial charge in [0.2, 0.25) is 0 Å². The van der Waals surface area contributed by atoms with Crippen LogP contribution in [0.4, 0.5) is 0 Å². The van der Waals surface area contributed by atoms with E-state index in [2.05, 4.69) is 37.9 Å². The molecule has 0 aliphatic heterocycles. The highest BCUT2D eigenvalue weighted by Gasteiger charge is 2.36. The van der Waals surface area contributed by atoms with Gasteiger partial charge in [-0.25, -0.2) is 0 Å². The fraction of sp³-hybridized carbons (Fsp3) is 0.606. The molecule has 0 radical (unpaired) electrons. The van der Waals surface area contributed by atoms with Crippen LogP contribution in [0, 0.1) is 17.2 Å². The maximum Gasteiger partial charge on any atom is 0.161 e. The summed E-state index contributed by atoms with van der Waals surface area (Å²) in [6.45, 7) is 8.61. The minimum atomic E-state index is -0.662. The number of nitriles is 1. The number of aliphatic hydroxyl groups excluding tert-OH is 2. The van der Waals surface area contributed by atoms with Gasteiger partial charge in [0.15, 0.2) is 11.5 Å². The third kappa shape index (κ3) is 10.8. The molecule has 1 atom stereocenters. The highest BCUT2D eigenvalue weighted by Crippen LogP contribution is 2.37. The highest BCUT2D eigenvalue weighted by molar-refractivity contribution is 5.43. The molecule has 0 saturated carbocycles. The summed E-state index contributed by atoms with van der Waals surface area (Å²) in [5, 5.41) is 29.6. The lowest BCUT2D eigenvalue weighted by Crippen LogP contribution is -2.33. The van der Waals surface area contributed by atoms with Crippen molar-refractivity contribution in [1.82, 2.24) is 4.90 Å². The van der Waals surface area contributed by atoms with Crippen LogP contribution in [0.3, 0.4) is 0 Å². The first-order valence-electron chi connectivity index (χ1n) is 14.7. The summed E-state index contributed by atoms with van der Waals surface area (Å²) in [5.74, 6) is 1.48. The van der Waals surface area contributed by atoms with Gasteiger partial charge in [-0.05, 0) is 73.2 Å². The Bertz CT molecular complexity index is 1090. The van der Waals surface area contributed by atoms with E-state index in [4.69, 9.17) is 23.7 Å². The number of hydrogen-bond donors (Lipinski definition) is 2. The first-order valence-corrected chi connectivity index (χ1v) is 14.7. The molecule has 2 N–H and O–H groups in total. The van der Waals surface area contributed by atoms with Gasteiger partial charge in [0.25, 0.3) is 0 Å². The van der Waals surface area contributed by atoms with Crippen molar-refractivity contribution in [2.45, 2.75) is 51.7 Å². The summed E-state index contributed by atoms with van der Waals surface area (Å²) in [4.78, 5) is 2.28. The normalized spacial score (nSPS) is 12.9. The van der Waals surface area contributed by atoms with E-state index >= 15 is 0 Å². The Morgan fingerprint density at radius 1 is 0.857 bits per heavy atom. The zero-order valence-electron chi connectivity index (χ0n) is 26.1. The number of hydrogen-bond acceptors (Lipinski definition) is 9. The molecule has 2 aromatic rings. The standard InChI is InChI=1S/C33H50N2O7/c1-26(2)33(25-34,30-9-8-28(23-36)29(22-30)24-37)12-6-13-35(3)14-11-27-7-10-31(32(21-27)39-5)42-20-19-41-18-17-40-16-15-38-4/h7-10,21-22,26,36-37H,6,11-20,23-24H2,1-5H3. The first kappa shape index (κ1) is 35.5. The Labute approximate surface area is 251 Å². The van der Waals surface area contributed by atoms with Crippen molar-refractivity contribution in [1.29, 1.82) is 5.26 Å². The summed E-state index contributed by atoms with van der Waals surface area (Å²) >= 11 is 0. The van der Waals surface area contributed by atoms with Gasteiger partial charge >= 0.3 is 0 Å². The molecule has 0 aliphatic rings. The Kier molecular flexibility index (Phi) is 16.5. The van der Waals surface area contributed by atoms with Crippen LogP contribution in [0.2, 0.25) is 0 Å². The van der Waals surface area contributed by atoms with Crippen molar-refractivity contribution in [3.8, 4) is 17.6 Å². The molecule has 0 aromatic heterocycles. The molecule has 0 spiro atoms. The van der Waals surface area contributed by atoms with Crippen LogP contribution in [-0.2, 0) is 39.3 Å². The fourth-order valence-electron chi connectivity index (χ4n) is 4.94. The van der Waals surface area contributed by atoms with Crippen LogP contribution in [0.25, 0.3) is 0 Å². The van der Waals surface area contributed by atoms with E-state index in [9.17, 15) is 15.5 Å². The second kappa shape index (κ2) is 19.5. The van der Waals surface area contributed by atoms with E-state index in [1.165, 1.54) is 0 Å². The number of methoxy groups -OCH3 is 2. The smallest absolute Gasteiger partial charge is 0.161 e. The predicted molar refractivity (Wildman–Crippen MR) is 163 cm³/mol. The van der Waals surface area contributed by atoms with E-state index in [1.54, 1.807) is 14.2 Å². The fourth-order valence-corrected chi connectivity index (χ4v) is 4.94. The summed E-state index contributed by atoms with van der Waals surface area (Å²) in [6, 6.07) is 14.2. The van der Waals surface area contributed by atoms with Gasteiger partial charge in [0, 0.05) is 13.7 Å². The van der Waals surface area contributed by atoms with E-state index < -0.39 is 5.41 Å². The second-order valence-corrected chi connectivity index (χ2v) is 10.7.